The molecule has 4 unspecified atom stereocenters. The van der Waals surface area contributed by atoms with E-state index >= 15 is 0 Å². The molecule has 29 heavy (non-hydrogen) atoms. The van der Waals surface area contributed by atoms with Gasteiger partial charge in [0, 0.05) is 29.3 Å². The Labute approximate surface area is 175 Å². The van der Waals surface area contributed by atoms with Gasteiger partial charge in [0.15, 0.2) is 0 Å². The summed E-state index contributed by atoms with van der Waals surface area (Å²) in [4.78, 5) is 39.8. The van der Waals surface area contributed by atoms with Crippen LogP contribution in [-0.2, 0) is 20.8 Å². The third-order valence-electron chi connectivity index (χ3n) is 5.09. The number of benzene rings is 1. The minimum Gasteiger partial charge on any atom is -0.480 e. The van der Waals surface area contributed by atoms with Crippen LogP contribution in [0.1, 0.15) is 25.8 Å². The summed E-state index contributed by atoms with van der Waals surface area (Å²) >= 11 is 3.97. The van der Waals surface area contributed by atoms with E-state index in [1.807, 2.05) is 38.1 Å². The van der Waals surface area contributed by atoms with Gasteiger partial charge in [-0.25, -0.2) is 4.79 Å². The Morgan fingerprint density at radius 2 is 1.83 bits per heavy atom. The molecule has 2 amide bonds. The largest absolute Gasteiger partial charge is 0.480 e. The number of aliphatic carboxylic acids is 1. The number of thiol groups is 1. The second-order valence-electron chi connectivity index (χ2n) is 7.12. The molecule has 0 saturated heterocycles. The number of carbonyl (C=O) groups is 3. The van der Waals surface area contributed by atoms with Gasteiger partial charge in [-0.2, -0.15) is 12.6 Å². The molecule has 1 aromatic carbocycles. The van der Waals surface area contributed by atoms with Crippen molar-refractivity contribution in [3.05, 3.63) is 36.0 Å². The van der Waals surface area contributed by atoms with Crippen LogP contribution in [0.5, 0.6) is 0 Å². The average Bonchev–Trinajstić information content (AvgIpc) is 3.12. The number of hydrogen-bond donors (Lipinski definition) is 6. The summed E-state index contributed by atoms with van der Waals surface area (Å²) in [6.45, 7) is 3.79. The van der Waals surface area contributed by atoms with Crippen molar-refractivity contribution in [3.63, 3.8) is 0 Å². The number of hydrogen-bond acceptors (Lipinski definition) is 5. The molecular weight excluding hydrogens is 392 g/mol. The van der Waals surface area contributed by atoms with Gasteiger partial charge in [-0.3, -0.25) is 9.59 Å². The second-order valence-corrected chi connectivity index (χ2v) is 7.48. The molecule has 1 heterocycles. The lowest BCUT2D eigenvalue weighted by atomic mass is 9.98. The molecule has 0 saturated carbocycles. The van der Waals surface area contributed by atoms with Crippen molar-refractivity contribution >= 4 is 41.3 Å². The van der Waals surface area contributed by atoms with Crippen LogP contribution in [0, 0.1) is 5.92 Å². The van der Waals surface area contributed by atoms with Crippen LogP contribution >= 0.6 is 12.6 Å². The average molecular weight is 421 g/mol. The van der Waals surface area contributed by atoms with E-state index in [2.05, 4.69) is 28.2 Å². The van der Waals surface area contributed by atoms with Crippen molar-refractivity contribution in [2.45, 2.75) is 44.8 Å². The number of para-hydroxylation sites is 1. The molecule has 2 aromatic rings. The van der Waals surface area contributed by atoms with Gasteiger partial charge in [-0.05, 0) is 17.5 Å². The van der Waals surface area contributed by atoms with E-state index in [1.165, 1.54) is 0 Å². The summed E-state index contributed by atoms with van der Waals surface area (Å²) in [6.07, 6.45) is 2.68. The maximum atomic E-state index is 12.8. The lowest BCUT2D eigenvalue weighted by Crippen LogP contribution is -2.56. The van der Waals surface area contributed by atoms with E-state index in [9.17, 15) is 19.5 Å². The van der Waals surface area contributed by atoms with E-state index in [-0.39, 0.29) is 18.1 Å². The van der Waals surface area contributed by atoms with Crippen LogP contribution in [0.15, 0.2) is 30.5 Å². The minimum atomic E-state index is -1.19. The monoisotopic (exact) mass is 420 g/mol. The van der Waals surface area contributed by atoms with Crippen LogP contribution in [0.4, 0.5) is 0 Å². The van der Waals surface area contributed by atoms with Gasteiger partial charge >= 0.3 is 5.97 Å². The molecule has 2 rings (SSSR count). The second kappa shape index (κ2) is 10.3. The van der Waals surface area contributed by atoms with Crippen molar-refractivity contribution in [1.82, 2.24) is 15.6 Å². The highest BCUT2D eigenvalue weighted by molar-refractivity contribution is 7.80. The third kappa shape index (κ3) is 5.74. The first-order valence-electron chi connectivity index (χ1n) is 9.53. The Morgan fingerprint density at radius 1 is 1.17 bits per heavy atom. The third-order valence-corrected chi connectivity index (χ3v) is 5.45. The highest BCUT2D eigenvalue weighted by Gasteiger charge is 2.29. The minimum absolute atomic E-state index is 0.0593. The SMILES string of the molecule is CCC(C)C(N)C(=O)NC(Cc1c[nH]c2ccccc12)C(=O)NC(CS)C(=O)O. The molecule has 0 aliphatic rings. The van der Waals surface area contributed by atoms with Crippen LogP contribution in [0.25, 0.3) is 10.9 Å². The fraction of sp³-hybridized carbons (Fsp3) is 0.450. The van der Waals surface area contributed by atoms with Gasteiger partial charge in [-0.15, -0.1) is 0 Å². The number of carbonyl (C=O) groups excluding carboxylic acids is 2. The molecule has 0 spiro atoms. The van der Waals surface area contributed by atoms with E-state index in [0.29, 0.717) is 6.42 Å². The lowest BCUT2D eigenvalue weighted by Gasteiger charge is -2.24. The number of nitrogens with two attached hydrogens (primary N) is 1. The van der Waals surface area contributed by atoms with Crippen LogP contribution in [0.2, 0.25) is 0 Å². The summed E-state index contributed by atoms with van der Waals surface area (Å²) in [7, 11) is 0. The lowest BCUT2D eigenvalue weighted by molar-refractivity contribution is -0.141. The number of carboxylic acid groups (broad SMARTS) is 1. The smallest absolute Gasteiger partial charge is 0.327 e. The van der Waals surface area contributed by atoms with Gasteiger partial charge < -0.3 is 26.5 Å². The van der Waals surface area contributed by atoms with Gasteiger partial charge in [-0.1, -0.05) is 38.5 Å². The van der Waals surface area contributed by atoms with Gasteiger partial charge in [0.2, 0.25) is 11.8 Å². The summed E-state index contributed by atoms with van der Waals surface area (Å²) in [5.74, 6) is -2.36. The van der Waals surface area contributed by atoms with Gasteiger partial charge in [0.25, 0.3) is 0 Å². The Hall–Kier alpha value is -2.52. The van der Waals surface area contributed by atoms with E-state index in [4.69, 9.17) is 5.73 Å². The van der Waals surface area contributed by atoms with Crippen molar-refractivity contribution < 1.29 is 19.5 Å². The highest BCUT2D eigenvalue weighted by atomic mass is 32.1. The summed E-state index contributed by atoms with van der Waals surface area (Å²) in [6, 6.07) is 4.70. The summed E-state index contributed by atoms with van der Waals surface area (Å²) < 4.78 is 0. The molecule has 0 radical (unpaired) electrons. The first-order valence-corrected chi connectivity index (χ1v) is 10.2. The van der Waals surface area contributed by atoms with Crippen molar-refractivity contribution in [2.24, 2.45) is 11.7 Å². The zero-order valence-corrected chi connectivity index (χ0v) is 17.4. The quantitative estimate of drug-likeness (QED) is 0.319. The zero-order chi connectivity index (χ0) is 21.6. The number of rotatable bonds is 10. The molecule has 1 aromatic heterocycles. The van der Waals surface area contributed by atoms with Gasteiger partial charge in [0.1, 0.15) is 12.1 Å². The van der Waals surface area contributed by atoms with Crippen LogP contribution < -0.4 is 16.4 Å². The summed E-state index contributed by atoms with van der Waals surface area (Å²) in [5, 5.41) is 15.3. The fourth-order valence-corrected chi connectivity index (χ4v) is 3.22. The standard InChI is InChI=1S/C20H28N4O4S/c1-3-11(2)17(21)19(26)23-15(18(25)24-16(10-29)20(27)28)8-12-9-22-14-7-5-4-6-13(12)14/h4-7,9,11,15-17,22,29H,3,8,10,21H2,1-2H3,(H,23,26)(H,24,25)(H,27,28). The Bertz CT molecular complexity index is 869. The summed E-state index contributed by atoms with van der Waals surface area (Å²) in [5.41, 5.74) is 7.74. The Balaban J connectivity index is 2.25. The predicted molar refractivity (Wildman–Crippen MR) is 115 cm³/mol. The molecule has 6 N–H and O–H groups in total. The molecule has 158 valence electrons. The van der Waals surface area contributed by atoms with E-state index < -0.39 is 35.9 Å². The number of carboxylic acids is 1. The molecule has 4 atom stereocenters. The highest BCUT2D eigenvalue weighted by Crippen LogP contribution is 2.19. The first kappa shape index (κ1) is 22.8. The predicted octanol–water partition coefficient (Wildman–Crippen LogP) is 1.07. The van der Waals surface area contributed by atoms with E-state index in [0.717, 1.165) is 16.5 Å². The molecule has 0 bridgehead atoms. The first-order chi connectivity index (χ1) is 13.8. The topological polar surface area (TPSA) is 137 Å². The number of nitrogens with one attached hydrogen (secondary N) is 3. The molecule has 0 aliphatic carbocycles. The molecular formula is C20H28N4O4S. The maximum absolute atomic E-state index is 12.8. The Kier molecular flexibility index (Phi) is 8.10. The maximum Gasteiger partial charge on any atom is 0.327 e. The normalized spacial score (nSPS) is 15.3. The molecule has 0 fully saturated rings. The molecule has 9 heteroatoms. The van der Waals surface area contributed by atoms with Crippen molar-refractivity contribution in [2.75, 3.05) is 5.75 Å². The number of fused-ring (bicyclic) bond motifs is 1. The number of aromatic amines is 1. The molecule has 0 aliphatic heterocycles. The molecule has 8 nitrogen and oxygen atoms in total. The zero-order valence-electron chi connectivity index (χ0n) is 16.5. The Morgan fingerprint density at radius 3 is 2.45 bits per heavy atom. The number of H-pyrrole nitrogens is 1. The number of aromatic nitrogens is 1. The van der Waals surface area contributed by atoms with Crippen molar-refractivity contribution in [1.29, 1.82) is 0 Å². The van der Waals surface area contributed by atoms with Crippen LogP contribution in [0.3, 0.4) is 0 Å². The van der Waals surface area contributed by atoms with Crippen LogP contribution in [-0.4, -0.2) is 51.8 Å². The fourth-order valence-electron chi connectivity index (χ4n) is 2.97. The van der Waals surface area contributed by atoms with Gasteiger partial charge in [0.05, 0.1) is 6.04 Å². The van der Waals surface area contributed by atoms with E-state index in [1.54, 1.807) is 6.20 Å². The van der Waals surface area contributed by atoms with Crippen molar-refractivity contribution in [3.8, 4) is 0 Å². The number of amides is 2.